The van der Waals surface area contributed by atoms with E-state index >= 15 is 0 Å². The van der Waals surface area contributed by atoms with Crippen LogP contribution in [0.3, 0.4) is 0 Å². The Morgan fingerprint density at radius 3 is 2.39 bits per heavy atom. The number of carbonyl (C=O) groups is 1. The van der Waals surface area contributed by atoms with Gasteiger partial charge in [0.25, 0.3) is 0 Å². The van der Waals surface area contributed by atoms with Crippen LogP contribution in [0.2, 0.25) is 0 Å². The molecule has 0 spiro atoms. The first-order chi connectivity index (χ1) is 8.59. The van der Waals surface area contributed by atoms with Gasteiger partial charge < -0.3 is 0 Å². The van der Waals surface area contributed by atoms with Gasteiger partial charge in [0.1, 0.15) is 5.82 Å². The highest BCUT2D eigenvalue weighted by Gasteiger charge is 2.15. The van der Waals surface area contributed by atoms with Crippen LogP contribution >= 0.6 is 11.6 Å². The zero-order valence-electron chi connectivity index (χ0n) is 9.86. The summed E-state index contributed by atoms with van der Waals surface area (Å²) in [5, 5.41) is -0.484. The lowest BCUT2D eigenvalue weighted by molar-refractivity contribution is -0.112. The van der Waals surface area contributed by atoms with Crippen LogP contribution in [-0.2, 0) is 4.79 Å². The van der Waals surface area contributed by atoms with Crippen molar-refractivity contribution in [3.8, 4) is 11.1 Å². The SMILES string of the molecule is CC(C(=O)Cl)c1ccc(-c2ccccc2)c(F)c1. The molecule has 0 aliphatic carbocycles. The molecule has 2 rings (SSSR count). The van der Waals surface area contributed by atoms with Crippen molar-refractivity contribution in [2.24, 2.45) is 0 Å². The van der Waals surface area contributed by atoms with Crippen LogP contribution in [0.25, 0.3) is 11.1 Å². The van der Waals surface area contributed by atoms with Crippen LogP contribution in [0.5, 0.6) is 0 Å². The van der Waals surface area contributed by atoms with Crippen molar-refractivity contribution in [3.63, 3.8) is 0 Å². The maximum Gasteiger partial charge on any atom is 0.228 e. The molecule has 0 aliphatic rings. The van der Waals surface area contributed by atoms with E-state index in [1.807, 2.05) is 30.3 Å². The summed E-state index contributed by atoms with van der Waals surface area (Å²) >= 11 is 5.41. The molecule has 18 heavy (non-hydrogen) atoms. The zero-order chi connectivity index (χ0) is 13.1. The molecule has 0 radical (unpaired) electrons. The lowest BCUT2D eigenvalue weighted by Crippen LogP contribution is -2.02. The summed E-state index contributed by atoms with van der Waals surface area (Å²) in [4.78, 5) is 11.1. The van der Waals surface area contributed by atoms with Gasteiger partial charge in [-0.25, -0.2) is 4.39 Å². The van der Waals surface area contributed by atoms with Gasteiger partial charge in [0.05, 0.1) is 5.92 Å². The fourth-order valence-electron chi connectivity index (χ4n) is 1.78. The van der Waals surface area contributed by atoms with E-state index in [9.17, 15) is 9.18 Å². The lowest BCUT2D eigenvalue weighted by Gasteiger charge is -2.09. The Bertz CT molecular complexity index is 566. The van der Waals surface area contributed by atoms with E-state index in [-0.39, 0.29) is 5.82 Å². The molecule has 3 heteroatoms. The van der Waals surface area contributed by atoms with Crippen molar-refractivity contribution in [2.45, 2.75) is 12.8 Å². The molecule has 1 nitrogen and oxygen atoms in total. The molecule has 2 aromatic rings. The van der Waals surface area contributed by atoms with Gasteiger partial charge >= 0.3 is 0 Å². The third-order valence-electron chi connectivity index (χ3n) is 2.92. The van der Waals surface area contributed by atoms with E-state index in [4.69, 9.17) is 11.6 Å². The number of halogens is 2. The smallest absolute Gasteiger partial charge is 0.228 e. The molecule has 2 aromatic carbocycles. The van der Waals surface area contributed by atoms with E-state index in [1.165, 1.54) is 6.07 Å². The first-order valence-electron chi connectivity index (χ1n) is 5.64. The molecular weight excluding hydrogens is 251 g/mol. The highest BCUT2D eigenvalue weighted by Crippen LogP contribution is 2.26. The molecule has 1 atom stereocenters. The Morgan fingerprint density at radius 2 is 1.83 bits per heavy atom. The van der Waals surface area contributed by atoms with Gasteiger partial charge in [-0.15, -0.1) is 0 Å². The van der Waals surface area contributed by atoms with E-state index in [0.29, 0.717) is 11.1 Å². The normalized spacial score (nSPS) is 12.2. The highest BCUT2D eigenvalue weighted by molar-refractivity contribution is 6.64. The van der Waals surface area contributed by atoms with Crippen LogP contribution in [0.1, 0.15) is 18.4 Å². The van der Waals surface area contributed by atoms with Crippen molar-refractivity contribution in [3.05, 3.63) is 59.9 Å². The Morgan fingerprint density at radius 1 is 1.17 bits per heavy atom. The molecule has 0 saturated carbocycles. The predicted molar refractivity (Wildman–Crippen MR) is 71.1 cm³/mol. The van der Waals surface area contributed by atoms with Crippen LogP contribution < -0.4 is 0 Å². The number of rotatable bonds is 3. The summed E-state index contributed by atoms with van der Waals surface area (Å²) in [6.45, 7) is 1.66. The maximum atomic E-state index is 14.0. The van der Waals surface area contributed by atoms with Crippen molar-refractivity contribution in [1.82, 2.24) is 0 Å². The van der Waals surface area contributed by atoms with Crippen LogP contribution in [0.4, 0.5) is 4.39 Å². The standard InChI is InChI=1S/C15H12ClFO/c1-10(15(16)18)12-7-8-13(14(17)9-12)11-5-3-2-4-6-11/h2-10H,1H3. The van der Waals surface area contributed by atoms with Gasteiger partial charge in [-0.05, 0) is 28.8 Å². The minimum absolute atomic E-state index is 0.344. The molecular formula is C15H12ClFO. The van der Waals surface area contributed by atoms with Gasteiger partial charge in [0.2, 0.25) is 5.24 Å². The van der Waals surface area contributed by atoms with Crippen LogP contribution in [-0.4, -0.2) is 5.24 Å². The molecule has 0 saturated heterocycles. The van der Waals surface area contributed by atoms with Gasteiger partial charge in [0, 0.05) is 5.56 Å². The summed E-state index contributed by atoms with van der Waals surface area (Å²) in [6, 6.07) is 14.0. The Kier molecular flexibility index (Phi) is 3.78. The first-order valence-corrected chi connectivity index (χ1v) is 6.01. The van der Waals surface area contributed by atoms with Gasteiger partial charge in [-0.3, -0.25) is 4.79 Å². The zero-order valence-corrected chi connectivity index (χ0v) is 10.6. The lowest BCUT2D eigenvalue weighted by atomic mass is 9.98. The van der Waals surface area contributed by atoms with Crippen LogP contribution in [0.15, 0.2) is 48.5 Å². The number of hydrogen-bond donors (Lipinski definition) is 0. The Hall–Kier alpha value is -1.67. The minimum Gasteiger partial charge on any atom is -0.281 e. The van der Waals surface area contributed by atoms with Crippen molar-refractivity contribution in [2.75, 3.05) is 0 Å². The quantitative estimate of drug-likeness (QED) is 0.751. The van der Waals surface area contributed by atoms with Gasteiger partial charge in [0.15, 0.2) is 0 Å². The second kappa shape index (κ2) is 5.32. The van der Waals surface area contributed by atoms with E-state index < -0.39 is 11.2 Å². The van der Waals surface area contributed by atoms with Crippen LogP contribution in [0, 0.1) is 5.82 Å². The summed E-state index contributed by atoms with van der Waals surface area (Å²) in [5.74, 6) is -0.838. The summed E-state index contributed by atoms with van der Waals surface area (Å²) in [7, 11) is 0. The Labute approximate surface area is 110 Å². The molecule has 0 amide bonds. The third-order valence-corrected chi connectivity index (χ3v) is 3.25. The maximum absolute atomic E-state index is 14.0. The van der Waals surface area contributed by atoms with Crippen molar-refractivity contribution >= 4 is 16.8 Å². The van der Waals surface area contributed by atoms with E-state index in [2.05, 4.69) is 0 Å². The average Bonchev–Trinajstić information content (AvgIpc) is 2.38. The van der Waals surface area contributed by atoms with Gasteiger partial charge in [-0.2, -0.15) is 0 Å². The monoisotopic (exact) mass is 262 g/mol. The second-order valence-electron chi connectivity index (χ2n) is 4.13. The van der Waals surface area contributed by atoms with Crippen molar-refractivity contribution < 1.29 is 9.18 Å². The number of hydrogen-bond acceptors (Lipinski definition) is 1. The molecule has 0 aromatic heterocycles. The molecule has 0 aliphatic heterocycles. The average molecular weight is 263 g/mol. The molecule has 1 unspecified atom stereocenters. The summed E-state index contributed by atoms with van der Waals surface area (Å²) < 4.78 is 14.0. The highest BCUT2D eigenvalue weighted by atomic mass is 35.5. The number of carbonyl (C=O) groups excluding carboxylic acids is 1. The van der Waals surface area contributed by atoms with E-state index in [1.54, 1.807) is 19.1 Å². The molecule has 92 valence electrons. The molecule has 0 N–H and O–H groups in total. The fraction of sp³-hybridized carbons (Fsp3) is 0.133. The van der Waals surface area contributed by atoms with Gasteiger partial charge in [-0.1, -0.05) is 49.4 Å². The van der Waals surface area contributed by atoms with Crippen molar-refractivity contribution in [1.29, 1.82) is 0 Å². The first kappa shape index (κ1) is 12.8. The Balaban J connectivity index is 2.40. The fourth-order valence-corrected chi connectivity index (χ4v) is 1.91. The summed E-state index contributed by atoms with van der Waals surface area (Å²) in [6.07, 6.45) is 0. The number of benzene rings is 2. The summed E-state index contributed by atoms with van der Waals surface area (Å²) in [5.41, 5.74) is 1.92. The predicted octanol–water partition coefficient (Wildman–Crippen LogP) is 4.36. The minimum atomic E-state index is -0.494. The third kappa shape index (κ3) is 2.59. The molecule has 0 heterocycles. The second-order valence-corrected chi connectivity index (χ2v) is 4.50. The topological polar surface area (TPSA) is 17.1 Å². The molecule has 0 fully saturated rings. The van der Waals surface area contributed by atoms with E-state index in [0.717, 1.165) is 5.56 Å². The largest absolute Gasteiger partial charge is 0.281 e. The molecule has 0 bridgehead atoms.